The van der Waals surface area contributed by atoms with Crippen LogP contribution in [0.3, 0.4) is 0 Å². The minimum Gasteiger partial charge on any atom is -0.395 e. The first kappa shape index (κ1) is 14.1. The van der Waals surface area contributed by atoms with Gasteiger partial charge < -0.3 is 10.4 Å². The molecule has 1 atom stereocenters. The smallest absolute Gasteiger partial charge is 0.234 e. The molecule has 1 aromatic heterocycles. The second-order valence-corrected chi connectivity index (χ2v) is 4.97. The third kappa shape index (κ3) is 4.80. The SMILES string of the molecule is Cc1csc([C@H](C)NC(=O)CN(C)CCO)n1. The third-order valence-electron chi connectivity index (χ3n) is 2.28. The average Bonchev–Trinajstić information content (AvgIpc) is 2.64. The van der Waals surface area contributed by atoms with Gasteiger partial charge in [-0.1, -0.05) is 0 Å². The zero-order valence-corrected chi connectivity index (χ0v) is 11.3. The Balaban J connectivity index is 2.40. The predicted molar refractivity (Wildman–Crippen MR) is 68.0 cm³/mol. The molecule has 5 nitrogen and oxygen atoms in total. The van der Waals surface area contributed by atoms with E-state index in [4.69, 9.17) is 5.11 Å². The molecule has 0 aromatic carbocycles. The molecule has 0 aliphatic heterocycles. The normalized spacial score (nSPS) is 12.8. The van der Waals surface area contributed by atoms with Crippen LogP contribution in [0.15, 0.2) is 5.38 Å². The molecule has 17 heavy (non-hydrogen) atoms. The molecule has 96 valence electrons. The molecule has 6 heteroatoms. The van der Waals surface area contributed by atoms with E-state index in [9.17, 15) is 4.79 Å². The molecule has 0 bridgehead atoms. The monoisotopic (exact) mass is 257 g/mol. The van der Waals surface area contributed by atoms with Crippen LogP contribution in [0.25, 0.3) is 0 Å². The highest BCUT2D eigenvalue weighted by Gasteiger charge is 2.13. The fraction of sp³-hybridized carbons (Fsp3) is 0.636. The summed E-state index contributed by atoms with van der Waals surface area (Å²) in [5.41, 5.74) is 0.975. The molecular formula is C11H19N3O2S. The zero-order valence-electron chi connectivity index (χ0n) is 10.4. The van der Waals surface area contributed by atoms with Crippen molar-refractivity contribution in [3.05, 3.63) is 16.1 Å². The van der Waals surface area contributed by atoms with E-state index >= 15 is 0 Å². The van der Waals surface area contributed by atoms with Crippen molar-refractivity contribution in [2.75, 3.05) is 26.7 Å². The number of amides is 1. The van der Waals surface area contributed by atoms with Crippen molar-refractivity contribution in [1.29, 1.82) is 0 Å². The van der Waals surface area contributed by atoms with Crippen LogP contribution in [0.4, 0.5) is 0 Å². The number of hydrogen-bond acceptors (Lipinski definition) is 5. The lowest BCUT2D eigenvalue weighted by atomic mass is 10.3. The van der Waals surface area contributed by atoms with Crippen molar-refractivity contribution in [2.24, 2.45) is 0 Å². The largest absolute Gasteiger partial charge is 0.395 e. The number of likely N-dealkylation sites (N-methyl/N-ethyl adjacent to an activating group) is 1. The van der Waals surface area contributed by atoms with Gasteiger partial charge in [-0.3, -0.25) is 9.69 Å². The van der Waals surface area contributed by atoms with Gasteiger partial charge in [0.15, 0.2) is 0 Å². The molecule has 0 aliphatic carbocycles. The lowest BCUT2D eigenvalue weighted by molar-refractivity contribution is -0.122. The molecular weight excluding hydrogens is 238 g/mol. The van der Waals surface area contributed by atoms with Crippen LogP contribution in [-0.4, -0.2) is 47.6 Å². The summed E-state index contributed by atoms with van der Waals surface area (Å²) in [6, 6.07) is -0.0660. The molecule has 0 saturated carbocycles. The number of thiazole rings is 1. The average molecular weight is 257 g/mol. The van der Waals surface area contributed by atoms with Crippen LogP contribution in [0.1, 0.15) is 23.7 Å². The number of rotatable bonds is 6. The van der Waals surface area contributed by atoms with Crippen LogP contribution in [0.5, 0.6) is 0 Å². The number of carbonyl (C=O) groups excluding carboxylic acids is 1. The molecule has 1 rings (SSSR count). The van der Waals surface area contributed by atoms with E-state index in [-0.39, 0.29) is 25.1 Å². The number of aryl methyl sites for hydroxylation is 1. The summed E-state index contributed by atoms with van der Waals surface area (Å²) in [6.07, 6.45) is 0. The first-order valence-corrected chi connectivity index (χ1v) is 6.41. The number of aliphatic hydroxyl groups excluding tert-OH is 1. The molecule has 1 heterocycles. The maximum Gasteiger partial charge on any atom is 0.234 e. The molecule has 0 saturated heterocycles. The standard InChI is InChI=1S/C11H19N3O2S/c1-8-7-17-11(12-8)9(2)13-10(16)6-14(3)4-5-15/h7,9,15H,4-6H2,1-3H3,(H,13,16)/t9-/m0/s1. The molecule has 0 radical (unpaired) electrons. The first-order chi connectivity index (χ1) is 8.02. The van der Waals surface area contributed by atoms with E-state index in [0.717, 1.165) is 10.7 Å². The van der Waals surface area contributed by atoms with E-state index in [1.165, 1.54) is 0 Å². The topological polar surface area (TPSA) is 65.5 Å². The van der Waals surface area contributed by atoms with Crippen molar-refractivity contribution in [3.8, 4) is 0 Å². The van der Waals surface area contributed by atoms with Gasteiger partial charge >= 0.3 is 0 Å². The Kier molecular flexibility index (Phi) is 5.54. The fourth-order valence-corrected chi connectivity index (χ4v) is 2.22. The number of hydrogen-bond donors (Lipinski definition) is 2. The summed E-state index contributed by atoms with van der Waals surface area (Å²) in [5.74, 6) is -0.0543. The van der Waals surface area contributed by atoms with Gasteiger partial charge in [-0.05, 0) is 20.9 Å². The second-order valence-electron chi connectivity index (χ2n) is 4.08. The number of nitrogens with one attached hydrogen (secondary N) is 1. The summed E-state index contributed by atoms with van der Waals surface area (Å²) in [7, 11) is 1.80. The van der Waals surface area contributed by atoms with Gasteiger partial charge in [-0.25, -0.2) is 4.98 Å². The van der Waals surface area contributed by atoms with Gasteiger partial charge in [-0.15, -0.1) is 11.3 Å². The highest BCUT2D eigenvalue weighted by molar-refractivity contribution is 7.09. The van der Waals surface area contributed by atoms with Crippen molar-refractivity contribution in [2.45, 2.75) is 19.9 Å². The van der Waals surface area contributed by atoms with Gasteiger partial charge in [0.1, 0.15) is 5.01 Å². The third-order valence-corrected chi connectivity index (χ3v) is 3.43. The minimum atomic E-state index is -0.0660. The van der Waals surface area contributed by atoms with Gasteiger partial charge in [0.05, 0.1) is 19.2 Å². The minimum absolute atomic E-state index is 0.0543. The Bertz CT molecular complexity index is 367. The number of aliphatic hydroxyl groups is 1. The Morgan fingerprint density at radius 1 is 1.71 bits per heavy atom. The molecule has 0 spiro atoms. The summed E-state index contributed by atoms with van der Waals surface area (Å²) >= 11 is 1.55. The summed E-state index contributed by atoms with van der Waals surface area (Å²) in [4.78, 5) is 17.8. The maximum atomic E-state index is 11.7. The van der Waals surface area contributed by atoms with Gasteiger partial charge in [-0.2, -0.15) is 0 Å². The summed E-state index contributed by atoms with van der Waals surface area (Å²) in [6.45, 7) is 4.70. The van der Waals surface area contributed by atoms with Crippen molar-refractivity contribution in [1.82, 2.24) is 15.2 Å². The van der Waals surface area contributed by atoms with Gasteiger partial charge in [0.25, 0.3) is 0 Å². The lowest BCUT2D eigenvalue weighted by Crippen LogP contribution is -2.37. The van der Waals surface area contributed by atoms with Crippen LogP contribution < -0.4 is 5.32 Å². The quantitative estimate of drug-likeness (QED) is 0.781. The van der Waals surface area contributed by atoms with Crippen LogP contribution in [0, 0.1) is 6.92 Å². The van der Waals surface area contributed by atoms with Gasteiger partial charge in [0, 0.05) is 17.6 Å². The number of carbonyl (C=O) groups is 1. The zero-order chi connectivity index (χ0) is 12.8. The Labute approximate surface area is 105 Å². The summed E-state index contributed by atoms with van der Waals surface area (Å²) in [5, 5.41) is 14.5. The Hall–Kier alpha value is -0.980. The maximum absolute atomic E-state index is 11.7. The number of aromatic nitrogens is 1. The van der Waals surface area contributed by atoms with Crippen LogP contribution in [-0.2, 0) is 4.79 Å². The molecule has 2 N–H and O–H groups in total. The molecule has 0 unspecified atom stereocenters. The van der Waals surface area contributed by atoms with E-state index in [2.05, 4.69) is 10.3 Å². The van der Waals surface area contributed by atoms with Crippen LogP contribution >= 0.6 is 11.3 Å². The Morgan fingerprint density at radius 3 is 2.94 bits per heavy atom. The molecule has 0 fully saturated rings. The van der Waals surface area contributed by atoms with E-state index < -0.39 is 0 Å². The van der Waals surface area contributed by atoms with Crippen molar-refractivity contribution < 1.29 is 9.90 Å². The fourth-order valence-electron chi connectivity index (χ4n) is 1.41. The Morgan fingerprint density at radius 2 is 2.41 bits per heavy atom. The summed E-state index contributed by atoms with van der Waals surface area (Å²) < 4.78 is 0. The molecule has 1 aromatic rings. The lowest BCUT2D eigenvalue weighted by Gasteiger charge is -2.16. The highest BCUT2D eigenvalue weighted by atomic mass is 32.1. The number of nitrogens with zero attached hydrogens (tertiary/aromatic N) is 2. The highest BCUT2D eigenvalue weighted by Crippen LogP contribution is 2.17. The van der Waals surface area contributed by atoms with Crippen molar-refractivity contribution >= 4 is 17.2 Å². The van der Waals surface area contributed by atoms with Crippen molar-refractivity contribution in [3.63, 3.8) is 0 Å². The van der Waals surface area contributed by atoms with E-state index in [1.807, 2.05) is 19.2 Å². The molecule has 0 aliphatic rings. The van der Waals surface area contributed by atoms with Gasteiger partial charge in [0.2, 0.25) is 5.91 Å². The second kappa shape index (κ2) is 6.68. The van der Waals surface area contributed by atoms with Crippen LogP contribution in [0.2, 0.25) is 0 Å². The first-order valence-electron chi connectivity index (χ1n) is 5.53. The molecule has 1 amide bonds. The predicted octanol–water partition coefficient (Wildman–Crippen LogP) is 0.553. The van der Waals surface area contributed by atoms with E-state index in [1.54, 1.807) is 23.3 Å². The van der Waals surface area contributed by atoms with E-state index in [0.29, 0.717) is 6.54 Å².